The van der Waals surface area contributed by atoms with Gasteiger partial charge in [-0.25, -0.2) is 0 Å². The van der Waals surface area contributed by atoms with E-state index >= 15 is 0 Å². The predicted octanol–water partition coefficient (Wildman–Crippen LogP) is 3.63. The maximum absolute atomic E-state index is 10.3. The lowest BCUT2D eigenvalue weighted by Gasteiger charge is -2.28. The fraction of sp³-hybridized carbons (Fsp3) is 0.647. The monoisotopic (exact) mass is 279 g/mol. The van der Waals surface area contributed by atoms with Gasteiger partial charge < -0.3 is 14.7 Å². The standard InChI is InChI=1S/C17H29NO2/c1-5-12-20-16-10-8-14(9-11-16)17(19)13-18(4)15(6-2)7-3/h8-11,15,17,19H,5-7,12-13H2,1-4H3. The van der Waals surface area contributed by atoms with Gasteiger partial charge in [0.15, 0.2) is 0 Å². The molecule has 3 nitrogen and oxygen atoms in total. The second kappa shape index (κ2) is 8.98. The number of hydrogen-bond donors (Lipinski definition) is 1. The molecule has 114 valence electrons. The number of likely N-dealkylation sites (N-methyl/N-ethyl adjacent to an activating group) is 1. The molecule has 0 saturated carbocycles. The molecular weight excluding hydrogens is 250 g/mol. The van der Waals surface area contributed by atoms with Gasteiger partial charge in [0.2, 0.25) is 0 Å². The van der Waals surface area contributed by atoms with Crippen LogP contribution < -0.4 is 4.74 Å². The van der Waals surface area contributed by atoms with Crippen molar-refractivity contribution in [3.63, 3.8) is 0 Å². The van der Waals surface area contributed by atoms with E-state index in [4.69, 9.17) is 4.74 Å². The van der Waals surface area contributed by atoms with E-state index in [1.54, 1.807) is 0 Å². The highest BCUT2D eigenvalue weighted by Crippen LogP contribution is 2.20. The predicted molar refractivity (Wildman–Crippen MR) is 84.2 cm³/mol. The molecule has 1 N–H and O–H groups in total. The summed E-state index contributed by atoms with van der Waals surface area (Å²) in [6, 6.07) is 8.32. The zero-order valence-electron chi connectivity index (χ0n) is 13.3. The first-order valence-corrected chi connectivity index (χ1v) is 7.73. The fourth-order valence-corrected chi connectivity index (χ4v) is 2.45. The summed E-state index contributed by atoms with van der Waals surface area (Å²) < 4.78 is 5.55. The van der Waals surface area contributed by atoms with Gasteiger partial charge in [-0.2, -0.15) is 0 Å². The van der Waals surface area contributed by atoms with Gasteiger partial charge in [-0.15, -0.1) is 0 Å². The van der Waals surface area contributed by atoms with Gasteiger partial charge in [0, 0.05) is 12.6 Å². The van der Waals surface area contributed by atoms with Crippen molar-refractivity contribution in [2.24, 2.45) is 0 Å². The van der Waals surface area contributed by atoms with E-state index in [9.17, 15) is 5.11 Å². The Hall–Kier alpha value is -1.06. The molecule has 0 heterocycles. The SMILES string of the molecule is CCCOc1ccc(C(O)CN(C)C(CC)CC)cc1. The lowest BCUT2D eigenvalue weighted by Crippen LogP contribution is -2.34. The van der Waals surface area contributed by atoms with Gasteiger partial charge in [-0.3, -0.25) is 0 Å². The molecule has 0 aliphatic heterocycles. The molecule has 0 spiro atoms. The first kappa shape index (κ1) is 17.0. The second-order valence-electron chi connectivity index (χ2n) is 5.34. The molecule has 0 amide bonds. The molecule has 1 atom stereocenters. The minimum absolute atomic E-state index is 0.444. The van der Waals surface area contributed by atoms with Gasteiger partial charge in [0.1, 0.15) is 5.75 Å². The minimum atomic E-state index is -0.444. The molecule has 0 fully saturated rings. The van der Waals surface area contributed by atoms with Gasteiger partial charge in [-0.1, -0.05) is 32.9 Å². The average Bonchev–Trinajstić information content (AvgIpc) is 2.46. The van der Waals surface area contributed by atoms with E-state index in [2.05, 4.69) is 32.7 Å². The highest BCUT2D eigenvalue weighted by atomic mass is 16.5. The number of rotatable bonds is 9. The molecule has 1 aromatic rings. The third-order valence-corrected chi connectivity index (χ3v) is 3.76. The van der Waals surface area contributed by atoms with E-state index < -0.39 is 6.10 Å². The van der Waals surface area contributed by atoms with Crippen molar-refractivity contribution < 1.29 is 9.84 Å². The van der Waals surface area contributed by atoms with Crippen LogP contribution in [0.25, 0.3) is 0 Å². The summed E-state index contributed by atoms with van der Waals surface area (Å²) >= 11 is 0. The number of nitrogens with zero attached hydrogens (tertiary/aromatic N) is 1. The Bertz CT molecular complexity index is 360. The Morgan fingerprint density at radius 1 is 1.10 bits per heavy atom. The van der Waals surface area contributed by atoms with Crippen LogP contribution in [0.1, 0.15) is 51.7 Å². The van der Waals surface area contributed by atoms with Gasteiger partial charge in [0.05, 0.1) is 12.7 Å². The van der Waals surface area contributed by atoms with Crippen LogP contribution in [0.3, 0.4) is 0 Å². The Morgan fingerprint density at radius 3 is 2.20 bits per heavy atom. The van der Waals surface area contributed by atoms with Gasteiger partial charge in [0.25, 0.3) is 0 Å². The molecule has 1 unspecified atom stereocenters. The maximum Gasteiger partial charge on any atom is 0.119 e. The molecule has 0 aromatic heterocycles. The van der Waals surface area contributed by atoms with Crippen LogP contribution in [-0.4, -0.2) is 36.2 Å². The van der Waals surface area contributed by atoms with Crippen molar-refractivity contribution in [1.82, 2.24) is 4.90 Å². The molecule has 20 heavy (non-hydrogen) atoms. The first-order valence-electron chi connectivity index (χ1n) is 7.73. The molecule has 0 bridgehead atoms. The van der Waals surface area contributed by atoms with E-state index in [1.807, 2.05) is 24.3 Å². The minimum Gasteiger partial charge on any atom is -0.494 e. The highest BCUT2D eigenvalue weighted by Gasteiger charge is 2.15. The van der Waals surface area contributed by atoms with Crippen molar-refractivity contribution >= 4 is 0 Å². The van der Waals surface area contributed by atoms with Crippen LogP contribution in [0, 0.1) is 0 Å². The Kier molecular flexibility index (Phi) is 7.63. The second-order valence-corrected chi connectivity index (χ2v) is 5.34. The Labute approximate surface area is 123 Å². The molecular formula is C17H29NO2. The summed E-state index contributed by atoms with van der Waals surface area (Å²) in [5, 5.41) is 10.3. The average molecular weight is 279 g/mol. The van der Waals surface area contributed by atoms with Crippen LogP contribution in [0.15, 0.2) is 24.3 Å². The zero-order chi connectivity index (χ0) is 15.0. The van der Waals surface area contributed by atoms with Crippen molar-refractivity contribution in [2.75, 3.05) is 20.2 Å². The number of hydrogen-bond acceptors (Lipinski definition) is 3. The topological polar surface area (TPSA) is 32.7 Å². The van der Waals surface area contributed by atoms with E-state index in [0.29, 0.717) is 12.6 Å². The van der Waals surface area contributed by atoms with Crippen LogP contribution in [0.2, 0.25) is 0 Å². The summed E-state index contributed by atoms with van der Waals surface area (Å²) in [6.45, 7) is 7.88. The Balaban J connectivity index is 2.56. The van der Waals surface area contributed by atoms with Crippen LogP contribution in [0.4, 0.5) is 0 Å². The molecule has 3 heteroatoms. The summed E-state index contributed by atoms with van der Waals surface area (Å²) in [5.41, 5.74) is 0.951. The Morgan fingerprint density at radius 2 is 1.70 bits per heavy atom. The van der Waals surface area contributed by atoms with Gasteiger partial charge in [-0.05, 0) is 44.0 Å². The highest BCUT2D eigenvalue weighted by molar-refractivity contribution is 5.28. The maximum atomic E-state index is 10.3. The quantitative estimate of drug-likeness (QED) is 0.749. The van der Waals surface area contributed by atoms with E-state index in [-0.39, 0.29) is 0 Å². The van der Waals surface area contributed by atoms with Crippen LogP contribution in [-0.2, 0) is 0 Å². The lowest BCUT2D eigenvalue weighted by molar-refractivity contribution is 0.101. The number of ether oxygens (including phenoxy) is 1. The van der Waals surface area contributed by atoms with Crippen molar-refractivity contribution in [1.29, 1.82) is 0 Å². The molecule has 0 aliphatic carbocycles. The molecule has 1 rings (SSSR count). The van der Waals surface area contributed by atoms with Crippen LogP contribution in [0.5, 0.6) is 5.75 Å². The van der Waals surface area contributed by atoms with E-state index in [1.165, 1.54) is 0 Å². The third-order valence-electron chi connectivity index (χ3n) is 3.76. The number of aliphatic hydroxyl groups is 1. The van der Waals surface area contributed by atoms with Gasteiger partial charge >= 0.3 is 0 Å². The van der Waals surface area contributed by atoms with Crippen molar-refractivity contribution in [3.8, 4) is 5.75 Å². The molecule has 0 radical (unpaired) electrons. The largest absolute Gasteiger partial charge is 0.494 e. The van der Waals surface area contributed by atoms with Crippen molar-refractivity contribution in [2.45, 2.75) is 52.2 Å². The first-order chi connectivity index (χ1) is 9.62. The zero-order valence-corrected chi connectivity index (χ0v) is 13.3. The lowest BCUT2D eigenvalue weighted by atomic mass is 10.1. The molecule has 0 aliphatic rings. The summed E-state index contributed by atoms with van der Waals surface area (Å²) in [5.74, 6) is 0.871. The smallest absolute Gasteiger partial charge is 0.119 e. The summed E-state index contributed by atoms with van der Waals surface area (Å²) in [7, 11) is 2.08. The van der Waals surface area contributed by atoms with Crippen molar-refractivity contribution in [3.05, 3.63) is 29.8 Å². The third kappa shape index (κ3) is 5.14. The summed E-state index contributed by atoms with van der Waals surface area (Å²) in [6.07, 6.45) is 2.79. The summed E-state index contributed by atoms with van der Waals surface area (Å²) in [4.78, 5) is 2.24. The molecule has 1 aromatic carbocycles. The normalized spacial score (nSPS) is 12.9. The number of aliphatic hydroxyl groups excluding tert-OH is 1. The van der Waals surface area contributed by atoms with E-state index in [0.717, 1.165) is 37.2 Å². The fourth-order valence-electron chi connectivity index (χ4n) is 2.45. The van der Waals surface area contributed by atoms with Crippen LogP contribution >= 0.6 is 0 Å². The number of benzene rings is 1. The molecule has 0 saturated heterocycles.